The minimum absolute atomic E-state index is 0.0351. The molecule has 2 heterocycles. The molecule has 0 bridgehead atoms. The first-order valence-corrected chi connectivity index (χ1v) is 7.88. The third kappa shape index (κ3) is 2.66. The van der Waals surface area contributed by atoms with Gasteiger partial charge in [-0.15, -0.1) is 0 Å². The van der Waals surface area contributed by atoms with E-state index >= 15 is 0 Å². The third-order valence-electron chi connectivity index (χ3n) is 5.19. The zero-order valence-electron chi connectivity index (χ0n) is 14.4. The van der Waals surface area contributed by atoms with Crippen LogP contribution in [-0.2, 0) is 4.74 Å². The van der Waals surface area contributed by atoms with Crippen molar-refractivity contribution < 1.29 is 14.6 Å². The molecule has 0 radical (unpaired) electrons. The van der Waals surface area contributed by atoms with E-state index in [1.165, 1.54) is 0 Å². The van der Waals surface area contributed by atoms with Crippen molar-refractivity contribution in [2.24, 2.45) is 0 Å². The molecule has 2 N–H and O–H groups in total. The van der Waals surface area contributed by atoms with E-state index in [0.29, 0.717) is 6.42 Å². The van der Waals surface area contributed by atoms with E-state index in [2.05, 4.69) is 33.0 Å². The summed E-state index contributed by atoms with van der Waals surface area (Å²) in [4.78, 5) is 14.0. The van der Waals surface area contributed by atoms with E-state index in [1.807, 2.05) is 13.8 Å². The minimum Gasteiger partial charge on any atom is -0.438 e. The standard InChI is InChI=1S/C16H30N2O3/c1-8-15(6)16(7,20)18(12(19)21-15)11-9-13(2,3)17-14(4,5)10-11/h11,17,20H,8-10H2,1-7H3/t15-,16+/m0/s1. The molecule has 0 aromatic heterocycles. The maximum atomic E-state index is 12.4. The zero-order chi connectivity index (χ0) is 16.3. The number of rotatable bonds is 2. The first-order chi connectivity index (χ1) is 9.34. The van der Waals surface area contributed by atoms with Gasteiger partial charge in [-0.1, -0.05) is 6.92 Å². The van der Waals surface area contributed by atoms with Crippen LogP contribution in [0.1, 0.15) is 67.7 Å². The lowest BCUT2D eigenvalue weighted by Gasteiger charge is -2.51. The number of nitrogens with zero attached hydrogens (tertiary/aromatic N) is 1. The van der Waals surface area contributed by atoms with Crippen molar-refractivity contribution in [1.82, 2.24) is 10.2 Å². The Morgan fingerprint density at radius 2 is 1.67 bits per heavy atom. The van der Waals surface area contributed by atoms with Crippen molar-refractivity contribution in [2.75, 3.05) is 0 Å². The average Bonchev–Trinajstić information content (AvgIpc) is 2.40. The Bertz CT molecular complexity index is 429. The molecule has 2 fully saturated rings. The van der Waals surface area contributed by atoms with Gasteiger partial charge in [-0.05, 0) is 60.8 Å². The van der Waals surface area contributed by atoms with Crippen LogP contribution in [0, 0.1) is 0 Å². The number of cyclic esters (lactones) is 1. The molecule has 0 saturated carbocycles. The molecule has 21 heavy (non-hydrogen) atoms. The molecule has 2 rings (SSSR count). The van der Waals surface area contributed by atoms with Gasteiger partial charge in [0.25, 0.3) is 0 Å². The summed E-state index contributed by atoms with van der Waals surface area (Å²) in [5, 5.41) is 14.6. The van der Waals surface area contributed by atoms with E-state index in [-0.39, 0.29) is 17.1 Å². The summed E-state index contributed by atoms with van der Waals surface area (Å²) in [5.41, 5.74) is -2.32. The second-order valence-electron chi connectivity index (χ2n) is 8.30. The fourth-order valence-corrected chi connectivity index (χ4v) is 4.13. The first kappa shape index (κ1) is 16.6. The average molecular weight is 298 g/mol. The number of hydrogen-bond donors (Lipinski definition) is 2. The SMILES string of the molecule is CC[C@]1(C)OC(=O)N(C2CC(C)(C)NC(C)(C)C2)[C@]1(C)O. The van der Waals surface area contributed by atoms with Crippen LogP contribution in [0.4, 0.5) is 4.79 Å². The van der Waals surface area contributed by atoms with Gasteiger partial charge in [0, 0.05) is 17.1 Å². The van der Waals surface area contributed by atoms with Crippen molar-refractivity contribution >= 4 is 6.09 Å². The summed E-state index contributed by atoms with van der Waals surface area (Å²) in [5.74, 6) is 0. The van der Waals surface area contributed by atoms with Crippen LogP contribution in [0.25, 0.3) is 0 Å². The summed E-state index contributed by atoms with van der Waals surface area (Å²) < 4.78 is 5.53. The summed E-state index contributed by atoms with van der Waals surface area (Å²) in [6, 6.07) is -0.0351. The smallest absolute Gasteiger partial charge is 0.413 e. The second-order valence-corrected chi connectivity index (χ2v) is 8.30. The quantitative estimate of drug-likeness (QED) is 0.822. The van der Waals surface area contributed by atoms with E-state index < -0.39 is 17.4 Å². The summed E-state index contributed by atoms with van der Waals surface area (Å²) in [6.45, 7) is 14.0. The van der Waals surface area contributed by atoms with Gasteiger partial charge in [0.15, 0.2) is 11.3 Å². The van der Waals surface area contributed by atoms with E-state index in [0.717, 1.165) is 12.8 Å². The third-order valence-corrected chi connectivity index (χ3v) is 5.19. The van der Waals surface area contributed by atoms with Crippen LogP contribution in [0.15, 0.2) is 0 Å². The van der Waals surface area contributed by atoms with Crippen molar-refractivity contribution in [1.29, 1.82) is 0 Å². The first-order valence-electron chi connectivity index (χ1n) is 7.88. The molecule has 0 aromatic carbocycles. The summed E-state index contributed by atoms with van der Waals surface area (Å²) in [6.07, 6.45) is 1.77. The Kier molecular flexibility index (Phi) is 3.62. The number of aliphatic hydroxyl groups is 1. The molecule has 2 aliphatic rings. The molecular formula is C16H30N2O3. The Balaban J connectivity index is 2.35. The largest absolute Gasteiger partial charge is 0.438 e. The van der Waals surface area contributed by atoms with Crippen molar-refractivity contribution in [3.05, 3.63) is 0 Å². The van der Waals surface area contributed by atoms with Gasteiger partial charge in [-0.25, -0.2) is 4.79 Å². The van der Waals surface area contributed by atoms with Gasteiger partial charge in [0.05, 0.1) is 0 Å². The Morgan fingerprint density at radius 1 is 1.19 bits per heavy atom. The van der Waals surface area contributed by atoms with Gasteiger partial charge in [0.2, 0.25) is 0 Å². The number of nitrogens with one attached hydrogen (secondary N) is 1. The van der Waals surface area contributed by atoms with Crippen LogP contribution < -0.4 is 5.32 Å². The maximum Gasteiger partial charge on any atom is 0.413 e. The van der Waals surface area contributed by atoms with Crippen molar-refractivity contribution in [3.8, 4) is 0 Å². The predicted octanol–water partition coefficient (Wildman–Crippen LogP) is 2.63. The highest BCUT2D eigenvalue weighted by molar-refractivity contribution is 5.72. The lowest BCUT2D eigenvalue weighted by molar-refractivity contribution is -0.153. The van der Waals surface area contributed by atoms with Gasteiger partial charge in [-0.3, -0.25) is 4.90 Å². The molecule has 0 aromatic rings. The molecule has 5 nitrogen and oxygen atoms in total. The monoisotopic (exact) mass is 298 g/mol. The molecule has 0 spiro atoms. The molecule has 2 saturated heterocycles. The number of ether oxygens (including phenoxy) is 1. The number of piperidine rings is 1. The van der Waals surface area contributed by atoms with Crippen LogP contribution in [-0.4, -0.2) is 44.5 Å². The fraction of sp³-hybridized carbons (Fsp3) is 0.938. The topological polar surface area (TPSA) is 61.8 Å². The molecule has 0 unspecified atom stereocenters. The minimum atomic E-state index is -1.28. The van der Waals surface area contributed by atoms with Gasteiger partial charge in [-0.2, -0.15) is 0 Å². The highest BCUT2D eigenvalue weighted by Gasteiger charge is 2.61. The van der Waals surface area contributed by atoms with Gasteiger partial charge < -0.3 is 15.2 Å². The molecular weight excluding hydrogens is 268 g/mol. The van der Waals surface area contributed by atoms with E-state index in [9.17, 15) is 9.90 Å². The lowest BCUT2D eigenvalue weighted by Crippen LogP contribution is -2.66. The number of hydrogen-bond acceptors (Lipinski definition) is 4. The van der Waals surface area contributed by atoms with Gasteiger partial charge >= 0.3 is 6.09 Å². The lowest BCUT2D eigenvalue weighted by atomic mass is 9.77. The number of carbonyl (C=O) groups excluding carboxylic acids is 1. The summed E-state index contributed by atoms with van der Waals surface area (Å²) >= 11 is 0. The fourth-order valence-electron chi connectivity index (χ4n) is 4.13. The Morgan fingerprint density at radius 3 is 2.05 bits per heavy atom. The summed E-state index contributed by atoms with van der Waals surface area (Å²) in [7, 11) is 0. The maximum absolute atomic E-state index is 12.4. The molecule has 122 valence electrons. The van der Waals surface area contributed by atoms with E-state index in [1.54, 1.807) is 11.8 Å². The van der Waals surface area contributed by atoms with Crippen LogP contribution >= 0.6 is 0 Å². The normalized spacial score (nSPS) is 39.4. The van der Waals surface area contributed by atoms with Crippen LogP contribution in [0.2, 0.25) is 0 Å². The van der Waals surface area contributed by atoms with Gasteiger partial charge in [0.1, 0.15) is 0 Å². The molecule has 0 aliphatic carbocycles. The van der Waals surface area contributed by atoms with E-state index in [4.69, 9.17) is 4.74 Å². The second kappa shape index (κ2) is 4.59. The molecule has 5 heteroatoms. The molecule has 1 amide bonds. The molecule has 2 atom stereocenters. The van der Waals surface area contributed by atoms with Crippen LogP contribution in [0.3, 0.4) is 0 Å². The zero-order valence-corrected chi connectivity index (χ0v) is 14.4. The highest BCUT2D eigenvalue weighted by atomic mass is 16.6. The van der Waals surface area contributed by atoms with Crippen molar-refractivity contribution in [2.45, 2.75) is 96.2 Å². The number of carbonyl (C=O) groups is 1. The number of amides is 1. The Hall–Kier alpha value is -0.810. The Labute approximate surface area is 128 Å². The highest BCUT2D eigenvalue weighted by Crippen LogP contribution is 2.44. The molecule has 2 aliphatic heterocycles. The van der Waals surface area contributed by atoms with Crippen LogP contribution in [0.5, 0.6) is 0 Å². The predicted molar refractivity (Wildman–Crippen MR) is 82.0 cm³/mol. The van der Waals surface area contributed by atoms with Crippen molar-refractivity contribution in [3.63, 3.8) is 0 Å².